The van der Waals surface area contributed by atoms with Gasteiger partial charge in [0, 0.05) is 12.6 Å². The number of nitrogens with one attached hydrogen (secondary N) is 1. The zero-order valence-corrected chi connectivity index (χ0v) is 10.8. The summed E-state index contributed by atoms with van der Waals surface area (Å²) in [4.78, 5) is 13.6. The van der Waals surface area contributed by atoms with Crippen molar-refractivity contribution in [3.05, 3.63) is 29.6 Å². The molecule has 1 amide bonds. The van der Waals surface area contributed by atoms with Crippen LogP contribution >= 0.6 is 0 Å². The summed E-state index contributed by atoms with van der Waals surface area (Å²) in [6.45, 7) is 1.38. The number of hydrogen-bond acceptors (Lipinski definition) is 3. The highest BCUT2D eigenvalue weighted by Crippen LogP contribution is 2.19. The maximum atomic E-state index is 13.4. The Hall–Kier alpha value is -1.60. The first-order valence-corrected chi connectivity index (χ1v) is 6.38. The van der Waals surface area contributed by atoms with Crippen molar-refractivity contribution >= 4 is 11.6 Å². The summed E-state index contributed by atoms with van der Waals surface area (Å²) in [5.74, 6) is -4.76. The lowest BCUT2D eigenvalue weighted by Crippen LogP contribution is -2.45. The van der Waals surface area contributed by atoms with Crippen LogP contribution in [-0.2, 0) is 4.79 Å². The lowest BCUT2D eigenvalue weighted by atomic mass is 10.1. The van der Waals surface area contributed by atoms with Gasteiger partial charge in [-0.05, 0) is 31.5 Å². The Labute approximate surface area is 114 Å². The number of benzene rings is 1. The molecule has 110 valence electrons. The average molecular weight is 287 g/mol. The Balaban J connectivity index is 1.96. The summed E-state index contributed by atoms with van der Waals surface area (Å²) < 4.78 is 39.2. The van der Waals surface area contributed by atoms with E-state index in [0.29, 0.717) is 6.54 Å². The SMILES string of the molecule is NC1CCCN(CC(=O)Nc2ccc(F)c(F)c2F)C1. The molecule has 1 aliphatic rings. The highest BCUT2D eigenvalue weighted by Gasteiger charge is 2.20. The summed E-state index contributed by atoms with van der Waals surface area (Å²) >= 11 is 0. The minimum absolute atomic E-state index is 0.0246. The second-order valence-corrected chi connectivity index (χ2v) is 4.91. The van der Waals surface area contributed by atoms with Gasteiger partial charge in [-0.15, -0.1) is 0 Å². The standard InChI is InChI=1S/C13H16F3N3O/c14-9-3-4-10(13(16)12(9)15)18-11(20)7-19-5-1-2-8(17)6-19/h3-4,8H,1-2,5-7,17H2,(H,18,20). The third-order valence-corrected chi connectivity index (χ3v) is 3.22. The number of carbonyl (C=O) groups excluding carboxylic acids is 1. The molecular weight excluding hydrogens is 271 g/mol. The molecule has 7 heteroatoms. The lowest BCUT2D eigenvalue weighted by Gasteiger charge is -2.29. The van der Waals surface area contributed by atoms with Crippen LogP contribution in [-0.4, -0.2) is 36.5 Å². The quantitative estimate of drug-likeness (QED) is 0.828. The lowest BCUT2D eigenvalue weighted by molar-refractivity contribution is -0.117. The molecule has 0 aromatic heterocycles. The van der Waals surface area contributed by atoms with Crippen molar-refractivity contribution in [2.75, 3.05) is 25.0 Å². The van der Waals surface area contributed by atoms with Crippen molar-refractivity contribution in [1.29, 1.82) is 0 Å². The normalized spacial score (nSPS) is 19.9. The van der Waals surface area contributed by atoms with Crippen molar-refractivity contribution < 1.29 is 18.0 Å². The molecular formula is C13H16F3N3O. The summed E-state index contributed by atoms with van der Waals surface area (Å²) in [5.41, 5.74) is 5.42. The highest BCUT2D eigenvalue weighted by molar-refractivity contribution is 5.92. The van der Waals surface area contributed by atoms with Crippen LogP contribution in [0.4, 0.5) is 18.9 Å². The minimum Gasteiger partial charge on any atom is -0.327 e. The zero-order valence-electron chi connectivity index (χ0n) is 10.8. The van der Waals surface area contributed by atoms with Crippen molar-refractivity contribution in [3.63, 3.8) is 0 Å². The number of nitrogens with two attached hydrogens (primary N) is 1. The Kier molecular flexibility index (Phi) is 4.61. The predicted molar refractivity (Wildman–Crippen MR) is 68.6 cm³/mol. The molecule has 0 aliphatic carbocycles. The number of anilines is 1. The van der Waals surface area contributed by atoms with E-state index in [2.05, 4.69) is 5.32 Å². The molecule has 1 heterocycles. The van der Waals surface area contributed by atoms with Gasteiger partial charge in [-0.3, -0.25) is 9.69 Å². The van der Waals surface area contributed by atoms with Gasteiger partial charge in [-0.1, -0.05) is 0 Å². The molecule has 1 unspecified atom stereocenters. The van der Waals surface area contributed by atoms with Crippen molar-refractivity contribution in [1.82, 2.24) is 4.90 Å². The van der Waals surface area contributed by atoms with Gasteiger partial charge in [0.05, 0.1) is 12.2 Å². The molecule has 1 saturated heterocycles. The molecule has 20 heavy (non-hydrogen) atoms. The van der Waals surface area contributed by atoms with Gasteiger partial charge in [0.2, 0.25) is 5.91 Å². The average Bonchev–Trinajstić information content (AvgIpc) is 2.39. The van der Waals surface area contributed by atoms with E-state index < -0.39 is 23.4 Å². The van der Waals surface area contributed by atoms with E-state index >= 15 is 0 Å². The fraction of sp³-hybridized carbons (Fsp3) is 0.462. The van der Waals surface area contributed by atoms with E-state index in [-0.39, 0.29) is 18.3 Å². The molecule has 1 aromatic rings. The number of amides is 1. The molecule has 0 saturated carbocycles. The van der Waals surface area contributed by atoms with Crippen molar-refractivity contribution in [2.24, 2.45) is 5.73 Å². The molecule has 2 rings (SSSR count). The molecule has 0 bridgehead atoms. The summed E-state index contributed by atoms with van der Waals surface area (Å²) in [6, 6.07) is 1.79. The summed E-state index contributed by atoms with van der Waals surface area (Å²) in [6.07, 6.45) is 1.81. The van der Waals surface area contributed by atoms with Gasteiger partial charge in [0.15, 0.2) is 17.5 Å². The van der Waals surface area contributed by atoms with Crippen LogP contribution in [0.15, 0.2) is 12.1 Å². The number of likely N-dealkylation sites (tertiary alicyclic amines) is 1. The van der Waals surface area contributed by atoms with Crippen LogP contribution in [0.25, 0.3) is 0 Å². The Morgan fingerprint density at radius 1 is 1.35 bits per heavy atom. The third kappa shape index (κ3) is 3.49. The molecule has 1 aliphatic heterocycles. The van der Waals surface area contributed by atoms with E-state index in [1.807, 2.05) is 4.90 Å². The van der Waals surface area contributed by atoms with E-state index in [1.165, 1.54) is 0 Å². The van der Waals surface area contributed by atoms with Crippen LogP contribution in [0, 0.1) is 17.5 Å². The first-order valence-electron chi connectivity index (χ1n) is 6.38. The van der Waals surface area contributed by atoms with Crippen LogP contribution < -0.4 is 11.1 Å². The minimum atomic E-state index is -1.59. The fourth-order valence-corrected chi connectivity index (χ4v) is 2.25. The number of rotatable bonds is 3. The van der Waals surface area contributed by atoms with Gasteiger partial charge in [-0.25, -0.2) is 13.2 Å². The van der Waals surface area contributed by atoms with Crippen molar-refractivity contribution in [3.8, 4) is 0 Å². The summed E-state index contributed by atoms with van der Waals surface area (Å²) in [5, 5.41) is 2.24. The molecule has 0 radical (unpaired) electrons. The van der Waals surface area contributed by atoms with Gasteiger partial charge in [-0.2, -0.15) is 0 Å². The van der Waals surface area contributed by atoms with E-state index in [9.17, 15) is 18.0 Å². The number of carbonyl (C=O) groups is 1. The topological polar surface area (TPSA) is 58.4 Å². The second kappa shape index (κ2) is 6.23. The van der Waals surface area contributed by atoms with E-state index in [1.54, 1.807) is 0 Å². The van der Waals surface area contributed by atoms with Crippen LogP contribution in [0.5, 0.6) is 0 Å². The number of piperidine rings is 1. The molecule has 1 fully saturated rings. The smallest absolute Gasteiger partial charge is 0.238 e. The first-order chi connectivity index (χ1) is 9.47. The van der Waals surface area contributed by atoms with Crippen LogP contribution in [0.1, 0.15) is 12.8 Å². The predicted octanol–water partition coefficient (Wildman–Crippen LogP) is 1.47. The Morgan fingerprint density at radius 3 is 2.80 bits per heavy atom. The van der Waals surface area contributed by atoms with Gasteiger partial charge in [0.1, 0.15) is 0 Å². The number of nitrogens with zero attached hydrogens (tertiary/aromatic N) is 1. The van der Waals surface area contributed by atoms with E-state index in [0.717, 1.165) is 31.5 Å². The highest BCUT2D eigenvalue weighted by atomic mass is 19.2. The zero-order chi connectivity index (χ0) is 14.7. The van der Waals surface area contributed by atoms with E-state index in [4.69, 9.17) is 5.73 Å². The Bertz CT molecular complexity index is 510. The van der Waals surface area contributed by atoms with Crippen LogP contribution in [0.2, 0.25) is 0 Å². The maximum Gasteiger partial charge on any atom is 0.238 e. The molecule has 3 N–H and O–H groups in total. The van der Waals surface area contributed by atoms with Gasteiger partial charge < -0.3 is 11.1 Å². The van der Waals surface area contributed by atoms with Crippen molar-refractivity contribution in [2.45, 2.75) is 18.9 Å². The van der Waals surface area contributed by atoms with Gasteiger partial charge in [0.25, 0.3) is 0 Å². The molecule has 0 spiro atoms. The monoisotopic (exact) mass is 287 g/mol. The largest absolute Gasteiger partial charge is 0.327 e. The first kappa shape index (κ1) is 14.8. The van der Waals surface area contributed by atoms with Gasteiger partial charge >= 0.3 is 0 Å². The summed E-state index contributed by atoms with van der Waals surface area (Å²) in [7, 11) is 0. The second-order valence-electron chi connectivity index (χ2n) is 4.91. The third-order valence-electron chi connectivity index (χ3n) is 3.22. The number of hydrogen-bond donors (Lipinski definition) is 2. The fourth-order valence-electron chi connectivity index (χ4n) is 2.25. The maximum absolute atomic E-state index is 13.4. The Morgan fingerprint density at radius 2 is 2.10 bits per heavy atom. The molecule has 4 nitrogen and oxygen atoms in total. The van der Waals surface area contributed by atoms with Crippen LogP contribution in [0.3, 0.4) is 0 Å². The molecule has 1 atom stereocenters. The molecule has 1 aromatic carbocycles. The number of halogens is 3.